The number of furan rings is 2. The van der Waals surface area contributed by atoms with Crippen LogP contribution in [0, 0.1) is 0 Å². The second kappa shape index (κ2) is 12.9. The summed E-state index contributed by atoms with van der Waals surface area (Å²) in [6, 6.07) is 73.9. The summed E-state index contributed by atoms with van der Waals surface area (Å²) in [7, 11) is 0. The van der Waals surface area contributed by atoms with E-state index in [-0.39, 0.29) is 0 Å². The Morgan fingerprint density at radius 3 is 1.62 bits per heavy atom. The molecule has 2 heteroatoms. The van der Waals surface area contributed by atoms with Gasteiger partial charge in [0.2, 0.25) is 0 Å². The molecule has 0 fully saturated rings. The molecule has 0 radical (unpaired) electrons. The lowest BCUT2D eigenvalue weighted by molar-refractivity contribution is 0.632. The first-order valence-corrected chi connectivity index (χ1v) is 19.8. The van der Waals surface area contributed by atoms with E-state index in [0.29, 0.717) is 0 Å². The normalized spacial score (nSPS) is 11.8. The Morgan fingerprint density at radius 1 is 0.259 bits per heavy atom. The van der Waals surface area contributed by atoms with Crippen molar-refractivity contribution in [3.05, 3.63) is 206 Å². The van der Waals surface area contributed by atoms with Gasteiger partial charge in [0.1, 0.15) is 22.5 Å². The molecule has 0 aliphatic rings. The molecule has 0 spiro atoms. The fraction of sp³-hybridized carbons (Fsp3) is 0. The summed E-state index contributed by atoms with van der Waals surface area (Å²) < 4.78 is 13.1. The monoisotopic (exact) mass is 738 g/mol. The van der Waals surface area contributed by atoms with Crippen LogP contribution in [0.1, 0.15) is 0 Å². The molecule has 0 atom stereocenters. The van der Waals surface area contributed by atoms with Crippen molar-refractivity contribution < 1.29 is 8.83 Å². The highest BCUT2D eigenvalue weighted by Gasteiger charge is 2.21. The van der Waals surface area contributed by atoms with Gasteiger partial charge in [-0.3, -0.25) is 0 Å². The Balaban J connectivity index is 0.979. The Kier molecular flexibility index (Phi) is 7.26. The molecule has 0 saturated carbocycles. The molecule has 12 aromatic rings. The van der Waals surface area contributed by atoms with Crippen molar-refractivity contribution in [3.8, 4) is 55.8 Å². The first-order valence-electron chi connectivity index (χ1n) is 19.8. The highest BCUT2D eigenvalue weighted by Crippen LogP contribution is 2.47. The van der Waals surface area contributed by atoms with Crippen LogP contribution in [0.2, 0.25) is 0 Å². The molecule has 0 saturated heterocycles. The van der Waals surface area contributed by atoms with Crippen LogP contribution < -0.4 is 0 Å². The number of rotatable bonds is 5. The summed E-state index contributed by atoms with van der Waals surface area (Å²) in [5.74, 6) is 0.868. The van der Waals surface area contributed by atoms with Crippen molar-refractivity contribution in [3.63, 3.8) is 0 Å². The van der Waals surface area contributed by atoms with E-state index in [0.717, 1.165) is 55.4 Å². The number of fused-ring (bicyclic) bond motifs is 7. The predicted octanol–water partition coefficient (Wildman–Crippen LogP) is 16.1. The highest BCUT2D eigenvalue weighted by molar-refractivity contribution is 6.25. The standard InChI is InChI=1S/C56H34O2/c1-2-11-35(12-3-1)37-21-24-38(25-22-37)54-44-15-6-8-17-46(44)55(47-18-9-7-16-45(47)54)49-19-10-20-51-56(49)48-29-27-41(33-53(48)58-51)40-28-30-50-43(32-40)34-52(57-50)42-26-23-36-13-4-5-14-39(36)31-42/h1-34H. The molecule has 12 rings (SSSR count). The molecule has 2 nitrogen and oxygen atoms in total. The van der Waals surface area contributed by atoms with Gasteiger partial charge in [0.25, 0.3) is 0 Å². The van der Waals surface area contributed by atoms with E-state index >= 15 is 0 Å². The van der Waals surface area contributed by atoms with Crippen LogP contribution in [0.25, 0.3) is 121 Å². The minimum atomic E-state index is 0.868. The lowest BCUT2D eigenvalue weighted by Crippen LogP contribution is -1.91. The maximum Gasteiger partial charge on any atom is 0.136 e. The van der Waals surface area contributed by atoms with Crippen LogP contribution in [-0.2, 0) is 0 Å². The molecule has 2 heterocycles. The topological polar surface area (TPSA) is 26.3 Å². The van der Waals surface area contributed by atoms with Gasteiger partial charge >= 0.3 is 0 Å². The molecule has 58 heavy (non-hydrogen) atoms. The van der Waals surface area contributed by atoms with E-state index in [2.05, 4.69) is 206 Å². The maximum atomic E-state index is 6.71. The van der Waals surface area contributed by atoms with Gasteiger partial charge in [0.15, 0.2) is 0 Å². The summed E-state index contributed by atoms with van der Waals surface area (Å²) in [6.07, 6.45) is 0. The summed E-state index contributed by atoms with van der Waals surface area (Å²) in [4.78, 5) is 0. The van der Waals surface area contributed by atoms with Crippen LogP contribution in [0.4, 0.5) is 0 Å². The molecule has 0 N–H and O–H groups in total. The van der Waals surface area contributed by atoms with Crippen LogP contribution >= 0.6 is 0 Å². The molecular weight excluding hydrogens is 705 g/mol. The van der Waals surface area contributed by atoms with Gasteiger partial charge in [-0.15, -0.1) is 0 Å². The van der Waals surface area contributed by atoms with Gasteiger partial charge in [-0.2, -0.15) is 0 Å². The zero-order valence-electron chi connectivity index (χ0n) is 31.4. The summed E-state index contributed by atoms with van der Waals surface area (Å²) in [5.41, 5.74) is 13.2. The quantitative estimate of drug-likeness (QED) is 0.164. The van der Waals surface area contributed by atoms with E-state index in [4.69, 9.17) is 8.83 Å². The third-order valence-electron chi connectivity index (χ3n) is 11.9. The van der Waals surface area contributed by atoms with E-state index < -0.39 is 0 Å². The SMILES string of the molecule is c1ccc(-c2ccc(-c3c4ccccc4c(-c4cccc5oc6cc(-c7ccc8oc(-c9ccc%10ccccc%10c9)cc8c7)ccc6c45)c4ccccc34)cc2)cc1. The zero-order valence-corrected chi connectivity index (χ0v) is 31.4. The molecule has 0 amide bonds. The molecule has 270 valence electrons. The minimum absolute atomic E-state index is 0.868. The highest BCUT2D eigenvalue weighted by atomic mass is 16.3. The first-order chi connectivity index (χ1) is 28.7. The number of hydrogen-bond donors (Lipinski definition) is 0. The second-order valence-corrected chi connectivity index (χ2v) is 15.2. The molecular formula is C56H34O2. The van der Waals surface area contributed by atoms with Crippen molar-refractivity contribution in [2.75, 3.05) is 0 Å². The van der Waals surface area contributed by atoms with E-state index in [1.54, 1.807) is 0 Å². The number of hydrogen-bond acceptors (Lipinski definition) is 2. The maximum absolute atomic E-state index is 6.71. The van der Waals surface area contributed by atoms with Crippen molar-refractivity contribution in [1.82, 2.24) is 0 Å². The third kappa shape index (κ3) is 5.19. The van der Waals surface area contributed by atoms with E-state index in [1.807, 2.05) is 0 Å². The molecule has 0 aliphatic carbocycles. The molecule has 0 bridgehead atoms. The number of benzene rings is 10. The van der Waals surface area contributed by atoms with Crippen molar-refractivity contribution in [2.24, 2.45) is 0 Å². The van der Waals surface area contributed by atoms with E-state index in [1.165, 1.54) is 65.7 Å². The smallest absolute Gasteiger partial charge is 0.136 e. The summed E-state index contributed by atoms with van der Waals surface area (Å²) in [6.45, 7) is 0. The Bertz CT molecular complexity index is 3490. The lowest BCUT2D eigenvalue weighted by atomic mass is 9.84. The van der Waals surface area contributed by atoms with Gasteiger partial charge in [-0.05, 0) is 119 Å². The van der Waals surface area contributed by atoms with Gasteiger partial charge in [0, 0.05) is 21.7 Å². The van der Waals surface area contributed by atoms with Crippen LogP contribution in [-0.4, -0.2) is 0 Å². The fourth-order valence-electron chi connectivity index (χ4n) is 9.11. The van der Waals surface area contributed by atoms with Crippen LogP contribution in [0.3, 0.4) is 0 Å². The van der Waals surface area contributed by atoms with Gasteiger partial charge in [-0.25, -0.2) is 0 Å². The Hall–Kier alpha value is -7.68. The molecule has 10 aromatic carbocycles. The van der Waals surface area contributed by atoms with Crippen molar-refractivity contribution in [1.29, 1.82) is 0 Å². The van der Waals surface area contributed by atoms with Gasteiger partial charge < -0.3 is 8.83 Å². The minimum Gasteiger partial charge on any atom is -0.456 e. The molecule has 0 unspecified atom stereocenters. The van der Waals surface area contributed by atoms with Crippen molar-refractivity contribution >= 4 is 65.2 Å². The molecule has 2 aromatic heterocycles. The largest absolute Gasteiger partial charge is 0.456 e. The van der Waals surface area contributed by atoms with E-state index in [9.17, 15) is 0 Å². The summed E-state index contributed by atoms with van der Waals surface area (Å²) in [5, 5.41) is 10.6. The van der Waals surface area contributed by atoms with Gasteiger partial charge in [-0.1, -0.05) is 164 Å². The first kappa shape index (κ1) is 32.6. The lowest BCUT2D eigenvalue weighted by Gasteiger charge is -2.18. The zero-order chi connectivity index (χ0) is 38.2. The van der Waals surface area contributed by atoms with Crippen LogP contribution in [0.15, 0.2) is 215 Å². The van der Waals surface area contributed by atoms with Crippen LogP contribution in [0.5, 0.6) is 0 Å². The van der Waals surface area contributed by atoms with Gasteiger partial charge in [0.05, 0.1) is 0 Å². The van der Waals surface area contributed by atoms with Crippen molar-refractivity contribution in [2.45, 2.75) is 0 Å². The molecule has 0 aliphatic heterocycles. The third-order valence-corrected chi connectivity index (χ3v) is 11.9. The fourth-order valence-corrected chi connectivity index (χ4v) is 9.11. The second-order valence-electron chi connectivity index (χ2n) is 15.2. The predicted molar refractivity (Wildman–Crippen MR) is 243 cm³/mol. The average Bonchev–Trinajstić information content (AvgIpc) is 3.90. The summed E-state index contributed by atoms with van der Waals surface area (Å²) >= 11 is 0. The average molecular weight is 739 g/mol. The Labute approximate surface area is 334 Å². The Morgan fingerprint density at radius 2 is 0.845 bits per heavy atom.